The van der Waals surface area contributed by atoms with Crippen molar-refractivity contribution in [2.24, 2.45) is 0 Å². The number of imidazole rings is 1. The molecule has 1 aromatic heterocycles. The lowest BCUT2D eigenvalue weighted by Crippen LogP contribution is -2.16. The molecule has 2 aromatic rings. The van der Waals surface area contributed by atoms with Crippen molar-refractivity contribution in [3.05, 3.63) is 47.8 Å². The van der Waals surface area contributed by atoms with Gasteiger partial charge in [-0.1, -0.05) is 30.3 Å². The summed E-state index contributed by atoms with van der Waals surface area (Å²) in [6, 6.07) is 9.86. The maximum Gasteiger partial charge on any atom is 0.356 e. The third-order valence-electron chi connectivity index (χ3n) is 2.93. The summed E-state index contributed by atoms with van der Waals surface area (Å²) in [5.74, 6) is -0.377. The van der Waals surface area contributed by atoms with Crippen LogP contribution in [0.3, 0.4) is 0 Å². The Balaban J connectivity index is 2.39. The summed E-state index contributed by atoms with van der Waals surface area (Å²) in [7, 11) is 0. The molecule has 2 rings (SSSR count). The first kappa shape index (κ1) is 13.7. The highest BCUT2D eigenvalue weighted by Crippen LogP contribution is 2.23. The lowest BCUT2D eigenvalue weighted by Gasteiger charge is -2.17. The molecule has 4 nitrogen and oxygen atoms in total. The molecule has 0 fully saturated rings. The summed E-state index contributed by atoms with van der Waals surface area (Å²) in [6.07, 6.45) is 1.50. The van der Waals surface area contributed by atoms with E-state index in [1.807, 2.05) is 37.3 Å². The number of carbonyl (C=O) groups is 1. The molecule has 0 N–H and O–H groups in total. The fourth-order valence-electron chi connectivity index (χ4n) is 1.97. The highest BCUT2D eigenvalue weighted by Gasteiger charge is 2.20. The largest absolute Gasteiger partial charge is 0.461 e. The fourth-order valence-corrected chi connectivity index (χ4v) is 2.31. The van der Waals surface area contributed by atoms with E-state index in [-0.39, 0.29) is 12.0 Å². The monoisotopic (exact) mass is 276 g/mol. The van der Waals surface area contributed by atoms with Gasteiger partial charge in [-0.25, -0.2) is 9.78 Å². The van der Waals surface area contributed by atoms with Crippen molar-refractivity contribution in [3.63, 3.8) is 0 Å². The van der Waals surface area contributed by atoms with Crippen molar-refractivity contribution in [2.75, 3.05) is 6.61 Å². The smallest absolute Gasteiger partial charge is 0.356 e. The number of hydrogen-bond acceptors (Lipinski definition) is 4. The van der Waals surface area contributed by atoms with Gasteiger partial charge in [-0.05, 0) is 19.4 Å². The standard InChI is InChI=1S/C14H16N2O2S/c1-3-18-13(17)12-9-15-14(19)16(12)10(2)11-7-5-4-6-8-11/h4-10H,3H2,1-2H3,(H,15,19). The lowest BCUT2D eigenvalue weighted by molar-refractivity contribution is 0.0511. The fraction of sp³-hybridized carbons (Fsp3) is 0.286. The van der Waals surface area contributed by atoms with Gasteiger partial charge < -0.3 is 9.30 Å². The zero-order valence-electron chi connectivity index (χ0n) is 10.9. The number of carbonyl (C=O) groups excluding carboxylic acids is 1. The van der Waals surface area contributed by atoms with Crippen LogP contribution in [0.1, 0.15) is 35.9 Å². The first-order valence-corrected chi connectivity index (χ1v) is 6.58. The van der Waals surface area contributed by atoms with Gasteiger partial charge in [0.2, 0.25) is 0 Å². The van der Waals surface area contributed by atoms with Gasteiger partial charge in [0.25, 0.3) is 0 Å². The molecule has 0 aliphatic carbocycles. The Kier molecular flexibility index (Phi) is 4.27. The van der Waals surface area contributed by atoms with Crippen molar-refractivity contribution >= 4 is 18.6 Å². The summed E-state index contributed by atoms with van der Waals surface area (Å²) in [5, 5.41) is 0.499. The van der Waals surface area contributed by atoms with E-state index in [9.17, 15) is 4.79 Å². The SMILES string of the molecule is CCOC(=O)c1cnc(S)n1C(C)c1ccccc1. The molecule has 1 atom stereocenters. The number of rotatable bonds is 4. The molecule has 0 aliphatic rings. The highest BCUT2D eigenvalue weighted by atomic mass is 32.1. The van der Waals surface area contributed by atoms with Crippen LogP contribution in [0.25, 0.3) is 0 Å². The molecule has 19 heavy (non-hydrogen) atoms. The molecule has 0 saturated carbocycles. The number of thiol groups is 1. The van der Waals surface area contributed by atoms with Crippen molar-refractivity contribution in [1.82, 2.24) is 9.55 Å². The Hall–Kier alpha value is -1.75. The molecule has 1 heterocycles. The maximum absolute atomic E-state index is 11.9. The zero-order valence-corrected chi connectivity index (χ0v) is 11.8. The second kappa shape index (κ2) is 5.93. The first-order chi connectivity index (χ1) is 9.15. The normalized spacial score (nSPS) is 12.2. The van der Waals surface area contributed by atoms with Crippen LogP contribution < -0.4 is 0 Å². The third kappa shape index (κ3) is 2.81. The van der Waals surface area contributed by atoms with Crippen LogP contribution in [0.4, 0.5) is 0 Å². The van der Waals surface area contributed by atoms with E-state index in [4.69, 9.17) is 4.74 Å². The molecule has 0 amide bonds. The van der Waals surface area contributed by atoms with Crippen molar-refractivity contribution in [3.8, 4) is 0 Å². The van der Waals surface area contributed by atoms with E-state index >= 15 is 0 Å². The molecule has 0 bridgehead atoms. The minimum absolute atomic E-state index is 0.0318. The first-order valence-electron chi connectivity index (χ1n) is 6.13. The summed E-state index contributed by atoms with van der Waals surface area (Å²) in [6.45, 7) is 4.12. The summed E-state index contributed by atoms with van der Waals surface area (Å²) < 4.78 is 6.81. The highest BCUT2D eigenvalue weighted by molar-refractivity contribution is 7.80. The Morgan fingerprint density at radius 1 is 1.42 bits per heavy atom. The van der Waals surface area contributed by atoms with Crippen molar-refractivity contribution < 1.29 is 9.53 Å². The van der Waals surface area contributed by atoms with Crippen LogP contribution in [0.2, 0.25) is 0 Å². The number of esters is 1. The van der Waals surface area contributed by atoms with Gasteiger partial charge in [-0.3, -0.25) is 0 Å². The van der Waals surface area contributed by atoms with Crippen LogP contribution in [0.15, 0.2) is 41.7 Å². The number of benzene rings is 1. The molecule has 1 aromatic carbocycles. The molecule has 0 saturated heterocycles. The van der Waals surface area contributed by atoms with Crippen molar-refractivity contribution in [2.45, 2.75) is 25.0 Å². The molecule has 0 spiro atoms. The average molecular weight is 276 g/mol. The van der Waals surface area contributed by atoms with E-state index in [0.717, 1.165) is 5.56 Å². The van der Waals surface area contributed by atoms with Gasteiger partial charge in [0.05, 0.1) is 18.8 Å². The predicted molar refractivity (Wildman–Crippen MR) is 75.7 cm³/mol. The zero-order chi connectivity index (χ0) is 13.8. The summed E-state index contributed by atoms with van der Waals surface area (Å²) in [5.41, 5.74) is 1.50. The Morgan fingerprint density at radius 2 is 2.11 bits per heavy atom. The van der Waals surface area contributed by atoms with Crippen LogP contribution >= 0.6 is 12.6 Å². The molecular formula is C14H16N2O2S. The van der Waals surface area contributed by atoms with Crippen LogP contribution in [-0.2, 0) is 4.74 Å². The second-order valence-electron chi connectivity index (χ2n) is 4.12. The minimum Gasteiger partial charge on any atom is -0.461 e. The topological polar surface area (TPSA) is 44.1 Å². The van der Waals surface area contributed by atoms with E-state index < -0.39 is 0 Å². The number of aromatic nitrogens is 2. The van der Waals surface area contributed by atoms with E-state index in [2.05, 4.69) is 17.6 Å². The quantitative estimate of drug-likeness (QED) is 0.689. The molecule has 5 heteroatoms. The van der Waals surface area contributed by atoms with Crippen LogP contribution in [0, 0.1) is 0 Å². The number of ether oxygens (including phenoxy) is 1. The van der Waals surface area contributed by atoms with Crippen molar-refractivity contribution in [1.29, 1.82) is 0 Å². The lowest BCUT2D eigenvalue weighted by atomic mass is 10.1. The summed E-state index contributed by atoms with van der Waals surface area (Å²) >= 11 is 4.32. The van der Waals surface area contributed by atoms with Gasteiger partial charge in [-0.2, -0.15) is 0 Å². The predicted octanol–water partition coefficient (Wildman–Crippen LogP) is 2.96. The Labute approximate surface area is 117 Å². The van der Waals surface area contributed by atoms with Gasteiger partial charge in [-0.15, -0.1) is 12.6 Å². The summed E-state index contributed by atoms with van der Waals surface area (Å²) in [4.78, 5) is 16.0. The maximum atomic E-state index is 11.9. The van der Waals surface area contributed by atoms with Gasteiger partial charge >= 0.3 is 5.97 Å². The molecule has 100 valence electrons. The molecular weight excluding hydrogens is 260 g/mol. The molecule has 0 aliphatic heterocycles. The van der Waals surface area contributed by atoms with Crippen LogP contribution in [0.5, 0.6) is 0 Å². The Bertz CT molecular complexity index is 566. The van der Waals surface area contributed by atoms with E-state index in [1.54, 1.807) is 11.5 Å². The Morgan fingerprint density at radius 3 is 2.74 bits per heavy atom. The third-order valence-corrected chi connectivity index (χ3v) is 3.26. The average Bonchev–Trinajstić information content (AvgIpc) is 2.81. The van der Waals surface area contributed by atoms with Gasteiger partial charge in [0.15, 0.2) is 5.16 Å². The van der Waals surface area contributed by atoms with E-state index in [1.165, 1.54) is 6.20 Å². The van der Waals surface area contributed by atoms with Gasteiger partial charge in [0, 0.05) is 0 Å². The van der Waals surface area contributed by atoms with Gasteiger partial charge in [0.1, 0.15) is 5.69 Å². The van der Waals surface area contributed by atoms with E-state index in [0.29, 0.717) is 17.5 Å². The molecule has 1 unspecified atom stereocenters. The number of hydrogen-bond donors (Lipinski definition) is 1. The second-order valence-corrected chi connectivity index (χ2v) is 4.52. The molecule has 0 radical (unpaired) electrons. The number of nitrogens with zero attached hydrogens (tertiary/aromatic N) is 2. The van der Waals surface area contributed by atoms with Crippen LogP contribution in [-0.4, -0.2) is 22.1 Å². The minimum atomic E-state index is -0.377.